The molecule has 0 aliphatic carbocycles. The van der Waals surface area contributed by atoms with E-state index in [2.05, 4.69) is 15.9 Å². The maximum Gasteiger partial charge on any atom is 0.294 e. The van der Waals surface area contributed by atoms with Crippen molar-refractivity contribution >= 4 is 44.3 Å². The third-order valence-electron chi connectivity index (χ3n) is 6.79. The molecule has 0 radical (unpaired) electrons. The second-order valence-electron chi connectivity index (χ2n) is 9.02. The Balaban J connectivity index is 1.70. The molecule has 1 aliphatic rings. The lowest BCUT2D eigenvalue weighted by molar-refractivity contribution is -0.117. The number of ketones is 1. The largest absolute Gasteiger partial charge is 0.503 e. The zero-order valence-corrected chi connectivity index (χ0v) is 23.0. The number of aliphatic hydroxyl groups excluding tert-OH is 1. The summed E-state index contributed by atoms with van der Waals surface area (Å²) in [6, 6.07) is 16.9. The summed E-state index contributed by atoms with van der Waals surface area (Å²) in [5.41, 5.74) is 3.46. The number of anilines is 1. The van der Waals surface area contributed by atoms with Crippen LogP contribution in [0.5, 0.6) is 11.5 Å². The molecular formula is C30H26BrNO6. The van der Waals surface area contributed by atoms with Crippen LogP contribution in [-0.4, -0.2) is 30.5 Å². The Labute approximate surface area is 228 Å². The van der Waals surface area contributed by atoms with Crippen molar-refractivity contribution in [3.05, 3.63) is 98.9 Å². The minimum Gasteiger partial charge on any atom is -0.503 e. The first-order chi connectivity index (χ1) is 18.2. The number of aryl methyl sites for hydroxylation is 1. The van der Waals surface area contributed by atoms with Gasteiger partial charge >= 0.3 is 0 Å². The lowest BCUT2D eigenvalue weighted by Crippen LogP contribution is -2.31. The number of furan rings is 1. The summed E-state index contributed by atoms with van der Waals surface area (Å²) >= 11 is 3.43. The molecule has 1 N–H and O–H groups in total. The Morgan fingerprint density at radius 2 is 1.87 bits per heavy atom. The number of ether oxygens (including phenoxy) is 2. The molecule has 0 saturated carbocycles. The van der Waals surface area contributed by atoms with E-state index in [1.54, 1.807) is 43.5 Å². The number of halogens is 1. The van der Waals surface area contributed by atoms with E-state index in [9.17, 15) is 14.7 Å². The van der Waals surface area contributed by atoms with Gasteiger partial charge in [0.25, 0.3) is 5.91 Å². The molecule has 3 aromatic carbocycles. The highest BCUT2D eigenvalue weighted by Gasteiger charge is 2.46. The van der Waals surface area contributed by atoms with Gasteiger partial charge in [-0.05, 0) is 79.9 Å². The number of methoxy groups -OCH3 is 1. The van der Waals surface area contributed by atoms with Gasteiger partial charge in [0.15, 0.2) is 23.0 Å². The van der Waals surface area contributed by atoms with Gasteiger partial charge in [-0.25, -0.2) is 0 Å². The zero-order chi connectivity index (χ0) is 27.1. The van der Waals surface area contributed by atoms with Crippen molar-refractivity contribution < 1.29 is 28.6 Å². The van der Waals surface area contributed by atoms with Crippen LogP contribution in [0.2, 0.25) is 0 Å². The molecule has 1 aromatic heterocycles. The average molecular weight is 576 g/mol. The predicted molar refractivity (Wildman–Crippen MR) is 148 cm³/mol. The van der Waals surface area contributed by atoms with E-state index in [4.69, 9.17) is 13.9 Å². The topological polar surface area (TPSA) is 89.2 Å². The summed E-state index contributed by atoms with van der Waals surface area (Å²) in [5.74, 6) is -0.848. The molecule has 194 valence electrons. The Bertz CT molecular complexity index is 1620. The van der Waals surface area contributed by atoms with Gasteiger partial charge in [-0.1, -0.05) is 34.1 Å². The monoisotopic (exact) mass is 575 g/mol. The molecule has 1 atom stereocenters. The highest BCUT2D eigenvalue weighted by atomic mass is 79.9. The van der Waals surface area contributed by atoms with Crippen LogP contribution in [-0.2, 0) is 4.79 Å². The smallest absolute Gasteiger partial charge is 0.294 e. The summed E-state index contributed by atoms with van der Waals surface area (Å²) in [4.78, 5) is 29.0. The molecule has 1 amide bonds. The van der Waals surface area contributed by atoms with Crippen molar-refractivity contribution in [2.45, 2.75) is 26.8 Å². The SMILES string of the molecule is CCOc1cc(C2C(C(=O)c3cc4cc(Br)ccc4o3)=C(O)C(=O)N2c2cccc(C)c2C)ccc1OC. The van der Waals surface area contributed by atoms with Gasteiger partial charge in [0, 0.05) is 15.5 Å². The summed E-state index contributed by atoms with van der Waals surface area (Å²) in [6.07, 6.45) is 0. The standard InChI is InChI=1S/C30H26BrNO6/c1-5-37-24-14-18(9-11-23(24)36-4)27-26(28(33)25-15-19-13-20(31)10-12-22(19)38-25)29(34)30(35)32(27)21-8-6-7-16(2)17(21)3/h6-15,27,34H,5H2,1-4H3. The van der Waals surface area contributed by atoms with Gasteiger partial charge in [-0.2, -0.15) is 0 Å². The molecule has 1 unspecified atom stereocenters. The number of nitrogens with zero attached hydrogens (tertiary/aromatic N) is 1. The van der Waals surface area contributed by atoms with Crippen LogP contribution >= 0.6 is 15.9 Å². The molecule has 38 heavy (non-hydrogen) atoms. The van der Waals surface area contributed by atoms with Crippen molar-refractivity contribution in [2.24, 2.45) is 0 Å². The van der Waals surface area contributed by atoms with Crippen molar-refractivity contribution in [1.82, 2.24) is 0 Å². The molecule has 0 bridgehead atoms. The highest BCUT2D eigenvalue weighted by Crippen LogP contribution is 2.45. The molecule has 4 aromatic rings. The summed E-state index contributed by atoms with van der Waals surface area (Å²) in [6.45, 7) is 6.10. The Kier molecular flexibility index (Phi) is 6.75. The van der Waals surface area contributed by atoms with Gasteiger partial charge in [-0.15, -0.1) is 0 Å². The van der Waals surface area contributed by atoms with Crippen molar-refractivity contribution in [3.63, 3.8) is 0 Å². The number of fused-ring (bicyclic) bond motifs is 1. The molecule has 5 rings (SSSR count). The van der Waals surface area contributed by atoms with Crippen LogP contribution in [0.25, 0.3) is 11.0 Å². The lowest BCUT2D eigenvalue weighted by Gasteiger charge is -2.29. The van der Waals surface area contributed by atoms with E-state index in [0.717, 1.165) is 21.0 Å². The fraction of sp³-hybridized carbons (Fsp3) is 0.200. The highest BCUT2D eigenvalue weighted by molar-refractivity contribution is 9.10. The van der Waals surface area contributed by atoms with E-state index in [1.807, 2.05) is 45.0 Å². The van der Waals surface area contributed by atoms with Gasteiger partial charge in [0.1, 0.15) is 5.58 Å². The third kappa shape index (κ3) is 4.24. The van der Waals surface area contributed by atoms with Crippen LogP contribution in [0.15, 0.2) is 80.9 Å². The number of amides is 1. The molecule has 2 heterocycles. The van der Waals surface area contributed by atoms with Crippen molar-refractivity contribution in [2.75, 3.05) is 18.6 Å². The number of benzene rings is 3. The fourth-order valence-corrected chi connectivity index (χ4v) is 5.17. The molecule has 8 heteroatoms. The molecule has 0 spiro atoms. The van der Waals surface area contributed by atoms with Gasteiger partial charge in [0.05, 0.1) is 25.3 Å². The quantitative estimate of drug-likeness (QED) is 0.238. The van der Waals surface area contributed by atoms with E-state index in [0.29, 0.717) is 34.9 Å². The fourth-order valence-electron chi connectivity index (χ4n) is 4.79. The van der Waals surface area contributed by atoms with E-state index in [-0.39, 0.29) is 11.3 Å². The van der Waals surface area contributed by atoms with Crippen LogP contribution in [0.1, 0.15) is 40.2 Å². The molecule has 7 nitrogen and oxygen atoms in total. The normalized spacial score (nSPS) is 15.4. The van der Waals surface area contributed by atoms with E-state index < -0.39 is 23.5 Å². The van der Waals surface area contributed by atoms with Crippen molar-refractivity contribution in [3.8, 4) is 11.5 Å². The van der Waals surface area contributed by atoms with Crippen LogP contribution in [0, 0.1) is 13.8 Å². The summed E-state index contributed by atoms with van der Waals surface area (Å²) < 4.78 is 17.9. The maximum absolute atomic E-state index is 13.9. The number of hydrogen-bond donors (Lipinski definition) is 1. The van der Waals surface area contributed by atoms with Gasteiger partial charge in [0.2, 0.25) is 5.78 Å². The Morgan fingerprint density at radius 3 is 2.61 bits per heavy atom. The minimum absolute atomic E-state index is 0.0267. The van der Waals surface area contributed by atoms with Crippen LogP contribution in [0.4, 0.5) is 5.69 Å². The van der Waals surface area contributed by atoms with Gasteiger partial charge < -0.3 is 19.0 Å². The van der Waals surface area contributed by atoms with Gasteiger partial charge in [-0.3, -0.25) is 14.5 Å². The van der Waals surface area contributed by atoms with E-state index in [1.165, 1.54) is 4.90 Å². The predicted octanol–water partition coefficient (Wildman–Crippen LogP) is 7.00. The van der Waals surface area contributed by atoms with E-state index >= 15 is 0 Å². The second kappa shape index (κ2) is 10.0. The Hall–Kier alpha value is -4.04. The average Bonchev–Trinajstić information content (AvgIpc) is 3.44. The third-order valence-corrected chi connectivity index (χ3v) is 7.29. The summed E-state index contributed by atoms with van der Waals surface area (Å²) in [5, 5.41) is 11.9. The number of carbonyl (C=O) groups excluding carboxylic acids is 2. The zero-order valence-electron chi connectivity index (χ0n) is 21.4. The Morgan fingerprint density at radius 1 is 1.08 bits per heavy atom. The number of rotatable bonds is 7. The number of carbonyl (C=O) groups is 2. The number of hydrogen-bond acceptors (Lipinski definition) is 6. The molecule has 0 fully saturated rings. The molecule has 0 saturated heterocycles. The first-order valence-electron chi connectivity index (χ1n) is 12.1. The number of aliphatic hydroxyl groups is 1. The molecule has 1 aliphatic heterocycles. The molecular weight excluding hydrogens is 550 g/mol. The lowest BCUT2D eigenvalue weighted by atomic mass is 9.94. The van der Waals surface area contributed by atoms with Crippen LogP contribution < -0.4 is 14.4 Å². The van der Waals surface area contributed by atoms with Crippen molar-refractivity contribution in [1.29, 1.82) is 0 Å². The maximum atomic E-state index is 13.9. The minimum atomic E-state index is -0.930. The second-order valence-corrected chi connectivity index (χ2v) is 9.94. The first-order valence-corrected chi connectivity index (χ1v) is 12.9. The first kappa shape index (κ1) is 25.6. The summed E-state index contributed by atoms with van der Waals surface area (Å²) in [7, 11) is 1.54. The van der Waals surface area contributed by atoms with Crippen LogP contribution in [0.3, 0.4) is 0 Å². The number of Topliss-reactive ketones (excluding diaryl/α,β-unsaturated/α-hetero) is 1.